The van der Waals surface area contributed by atoms with Crippen LogP contribution in [0.2, 0.25) is 0 Å². The van der Waals surface area contributed by atoms with Gasteiger partial charge in [-0.1, -0.05) is 55.5 Å². The summed E-state index contributed by atoms with van der Waals surface area (Å²) >= 11 is 0. The van der Waals surface area contributed by atoms with Crippen molar-refractivity contribution in [1.29, 1.82) is 0 Å². The van der Waals surface area contributed by atoms with Crippen molar-refractivity contribution in [3.05, 3.63) is 78.0 Å². The highest BCUT2D eigenvalue weighted by Gasteiger charge is 2.33. The largest absolute Gasteiger partial charge is 0.462 e. The van der Waals surface area contributed by atoms with Gasteiger partial charge in [0.25, 0.3) is 0 Å². The second kappa shape index (κ2) is 10.5. The SMILES string of the molecule is CCOC(=O)c1cn(-c2ccccc2)nc1N(Cc1ccccc1)C(=O)[C@H]1CC[C@H](C)CC1. The van der Waals surface area contributed by atoms with Gasteiger partial charge in [0, 0.05) is 12.1 Å². The molecule has 1 aliphatic rings. The van der Waals surface area contributed by atoms with Crippen molar-refractivity contribution in [1.82, 2.24) is 9.78 Å². The number of aromatic nitrogens is 2. The molecule has 0 saturated heterocycles. The smallest absolute Gasteiger partial charge is 0.343 e. The normalized spacial score (nSPS) is 18.0. The minimum absolute atomic E-state index is 0.0228. The lowest BCUT2D eigenvalue weighted by Gasteiger charge is -2.30. The molecule has 4 rings (SSSR count). The van der Waals surface area contributed by atoms with Crippen LogP contribution in [-0.4, -0.2) is 28.3 Å². The Kier molecular flexibility index (Phi) is 7.23. The Labute approximate surface area is 195 Å². The van der Waals surface area contributed by atoms with Crippen LogP contribution >= 0.6 is 0 Å². The fourth-order valence-corrected chi connectivity index (χ4v) is 4.38. The molecular formula is C27H31N3O3. The molecule has 1 saturated carbocycles. The summed E-state index contributed by atoms with van der Waals surface area (Å²) in [4.78, 5) is 28.4. The van der Waals surface area contributed by atoms with Gasteiger partial charge < -0.3 is 4.74 Å². The van der Waals surface area contributed by atoms with Gasteiger partial charge in [-0.3, -0.25) is 9.69 Å². The highest BCUT2D eigenvalue weighted by atomic mass is 16.5. The lowest BCUT2D eigenvalue weighted by molar-refractivity contribution is -0.123. The summed E-state index contributed by atoms with van der Waals surface area (Å²) in [6, 6.07) is 19.4. The van der Waals surface area contributed by atoms with E-state index in [1.54, 1.807) is 22.7 Å². The number of hydrogen-bond donors (Lipinski definition) is 0. The summed E-state index contributed by atoms with van der Waals surface area (Å²) in [5.41, 5.74) is 2.10. The highest BCUT2D eigenvalue weighted by molar-refractivity contribution is 6.02. The summed E-state index contributed by atoms with van der Waals surface area (Å²) in [6.45, 7) is 4.62. The van der Waals surface area contributed by atoms with Gasteiger partial charge in [0.05, 0.1) is 18.8 Å². The maximum absolute atomic E-state index is 13.8. The molecule has 1 aliphatic carbocycles. The summed E-state index contributed by atoms with van der Waals surface area (Å²) in [7, 11) is 0. The standard InChI is InChI=1S/C27H31N3O3/c1-3-33-27(32)24-19-30(23-12-8-5-9-13-23)28-25(24)29(18-21-10-6-4-7-11-21)26(31)22-16-14-20(2)15-17-22/h4-13,19-20,22H,3,14-18H2,1-2H3/t20-,22-. The zero-order valence-corrected chi connectivity index (χ0v) is 19.3. The van der Waals surface area contributed by atoms with Crippen molar-refractivity contribution >= 4 is 17.7 Å². The van der Waals surface area contributed by atoms with Crippen LogP contribution in [0.25, 0.3) is 5.69 Å². The Morgan fingerprint density at radius 3 is 2.27 bits per heavy atom. The number of ether oxygens (including phenoxy) is 1. The Morgan fingerprint density at radius 2 is 1.64 bits per heavy atom. The zero-order valence-electron chi connectivity index (χ0n) is 19.3. The number of carbonyl (C=O) groups is 2. The fraction of sp³-hybridized carbons (Fsp3) is 0.370. The van der Waals surface area contributed by atoms with Crippen LogP contribution in [0.4, 0.5) is 5.82 Å². The average Bonchev–Trinajstić information content (AvgIpc) is 3.29. The molecule has 1 fully saturated rings. The van der Waals surface area contributed by atoms with Gasteiger partial charge in [-0.05, 0) is 56.2 Å². The molecule has 0 unspecified atom stereocenters. The number of carbonyl (C=O) groups excluding carboxylic acids is 2. The van der Waals surface area contributed by atoms with Gasteiger partial charge >= 0.3 is 5.97 Å². The van der Waals surface area contributed by atoms with Crippen molar-refractivity contribution in [2.45, 2.75) is 46.1 Å². The summed E-state index contributed by atoms with van der Waals surface area (Å²) < 4.78 is 6.98. The molecule has 0 atom stereocenters. The van der Waals surface area contributed by atoms with E-state index in [2.05, 4.69) is 6.92 Å². The first-order valence-electron chi connectivity index (χ1n) is 11.7. The number of amides is 1. The second-order valence-electron chi connectivity index (χ2n) is 8.73. The molecule has 0 bridgehead atoms. The van der Waals surface area contributed by atoms with Gasteiger partial charge in [0.2, 0.25) is 5.91 Å². The van der Waals surface area contributed by atoms with E-state index in [1.807, 2.05) is 60.7 Å². The number of nitrogens with zero attached hydrogens (tertiary/aromatic N) is 3. The van der Waals surface area contributed by atoms with E-state index >= 15 is 0 Å². The van der Waals surface area contributed by atoms with Gasteiger partial charge in [-0.15, -0.1) is 5.10 Å². The molecule has 0 radical (unpaired) electrons. The Morgan fingerprint density at radius 1 is 1.00 bits per heavy atom. The minimum Gasteiger partial charge on any atom is -0.462 e. The third-order valence-electron chi connectivity index (χ3n) is 6.28. The quantitative estimate of drug-likeness (QED) is 0.456. The van der Waals surface area contributed by atoms with Crippen LogP contribution in [0.15, 0.2) is 66.9 Å². The van der Waals surface area contributed by atoms with E-state index in [4.69, 9.17) is 9.84 Å². The molecule has 33 heavy (non-hydrogen) atoms. The first-order valence-corrected chi connectivity index (χ1v) is 11.7. The van der Waals surface area contributed by atoms with Crippen LogP contribution in [0, 0.1) is 11.8 Å². The molecule has 0 aliphatic heterocycles. The Hall–Kier alpha value is -3.41. The molecule has 2 aromatic carbocycles. The van der Waals surface area contributed by atoms with Gasteiger partial charge in [0.15, 0.2) is 5.82 Å². The van der Waals surface area contributed by atoms with Gasteiger partial charge in [0.1, 0.15) is 5.56 Å². The molecule has 3 aromatic rings. The molecule has 1 amide bonds. The van der Waals surface area contributed by atoms with Crippen LogP contribution in [0.5, 0.6) is 0 Å². The summed E-state index contributed by atoms with van der Waals surface area (Å²) in [5, 5.41) is 4.73. The monoisotopic (exact) mass is 445 g/mol. The van der Waals surface area contributed by atoms with Gasteiger partial charge in [-0.25, -0.2) is 9.48 Å². The minimum atomic E-state index is -0.474. The predicted octanol–water partition coefficient (Wildman–Crippen LogP) is 5.41. The second-order valence-corrected chi connectivity index (χ2v) is 8.73. The van der Waals surface area contributed by atoms with Crippen LogP contribution < -0.4 is 4.90 Å². The van der Waals surface area contributed by atoms with Crippen LogP contribution in [0.3, 0.4) is 0 Å². The molecule has 172 valence electrons. The van der Waals surface area contributed by atoms with Crippen molar-refractivity contribution in [3.8, 4) is 5.69 Å². The van der Waals surface area contributed by atoms with Crippen LogP contribution in [0.1, 0.15) is 55.5 Å². The maximum atomic E-state index is 13.8. The van der Waals surface area contributed by atoms with E-state index in [1.165, 1.54) is 0 Å². The molecule has 0 N–H and O–H groups in total. The lowest BCUT2D eigenvalue weighted by atomic mass is 9.82. The molecule has 0 spiro atoms. The number of rotatable bonds is 7. The number of hydrogen-bond acceptors (Lipinski definition) is 4. The third-order valence-corrected chi connectivity index (χ3v) is 6.28. The van der Waals surface area contributed by atoms with E-state index < -0.39 is 5.97 Å². The number of esters is 1. The van der Waals surface area contributed by atoms with Crippen molar-refractivity contribution in [3.63, 3.8) is 0 Å². The van der Waals surface area contributed by atoms with Crippen molar-refractivity contribution in [2.75, 3.05) is 11.5 Å². The molecule has 1 heterocycles. The number of benzene rings is 2. The third kappa shape index (κ3) is 5.33. The topological polar surface area (TPSA) is 64.4 Å². The van der Waals surface area contributed by atoms with Crippen molar-refractivity contribution < 1.29 is 14.3 Å². The summed E-state index contributed by atoms with van der Waals surface area (Å²) in [6.07, 6.45) is 5.47. The van der Waals surface area contributed by atoms with E-state index in [0.29, 0.717) is 23.8 Å². The van der Waals surface area contributed by atoms with E-state index in [9.17, 15) is 9.59 Å². The van der Waals surface area contributed by atoms with Crippen molar-refractivity contribution in [2.24, 2.45) is 11.8 Å². The first-order chi connectivity index (χ1) is 16.1. The predicted molar refractivity (Wildman–Crippen MR) is 128 cm³/mol. The molecule has 6 heteroatoms. The van der Waals surface area contributed by atoms with E-state index in [-0.39, 0.29) is 18.4 Å². The maximum Gasteiger partial charge on any atom is 0.343 e. The molecular weight excluding hydrogens is 414 g/mol. The lowest BCUT2D eigenvalue weighted by Crippen LogP contribution is -2.38. The number of para-hydroxylation sites is 1. The summed E-state index contributed by atoms with van der Waals surface area (Å²) in [5.74, 6) is 0.475. The fourth-order valence-electron chi connectivity index (χ4n) is 4.38. The molecule has 6 nitrogen and oxygen atoms in total. The molecule has 1 aromatic heterocycles. The van der Waals surface area contributed by atoms with Gasteiger partial charge in [-0.2, -0.15) is 0 Å². The zero-order chi connectivity index (χ0) is 23.2. The van der Waals surface area contributed by atoms with Crippen LogP contribution in [-0.2, 0) is 16.1 Å². The Bertz CT molecular complexity index is 1070. The first kappa shape index (κ1) is 22.8. The average molecular weight is 446 g/mol. The Balaban J connectivity index is 1.76. The highest BCUT2D eigenvalue weighted by Crippen LogP contribution is 2.32. The van der Waals surface area contributed by atoms with E-state index in [0.717, 1.165) is 36.9 Å². The number of anilines is 1.